The van der Waals surface area contributed by atoms with Gasteiger partial charge in [-0.25, -0.2) is 4.79 Å². The fourth-order valence-corrected chi connectivity index (χ4v) is 2.68. The molecule has 0 spiro atoms. The predicted octanol–water partition coefficient (Wildman–Crippen LogP) is 2.26. The summed E-state index contributed by atoms with van der Waals surface area (Å²) >= 11 is 1.82. The van der Waals surface area contributed by atoms with Crippen molar-refractivity contribution in [3.63, 3.8) is 0 Å². The lowest BCUT2D eigenvalue weighted by atomic mass is 10.2. The number of carbonyl (C=O) groups is 1. The molecule has 5 heteroatoms. The molecule has 0 aliphatic carbocycles. The van der Waals surface area contributed by atoms with Crippen LogP contribution in [0.15, 0.2) is 6.07 Å². The van der Waals surface area contributed by atoms with Gasteiger partial charge in [-0.15, -0.1) is 0 Å². The molecule has 0 radical (unpaired) electrons. The second-order valence-corrected chi connectivity index (χ2v) is 5.35. The van der Waals surface area contributed by atoms with Crippen LogP contribution in [0.1, 0.15) is 35.1 Å². The maximum absolute atomic E-state index is 11.0. The van der Waals surface area contributed by atoms with E-state index in [1.165, 1.54) is 0 Å². The van der Waals surface area contributed by atoms with Crippen molar-refractivity contribution in [1.82, 2.24) is 9.88 Å². The van der Waals surface area contributed by atoms with E-state index in [2.05, 4.69) is 18.5 Å². The average molecular weight is 270 g/mol. The van der Waals surface area contributed by atoms with E-state index in [9.17, 15) is 4.79 Å². The quantitative estimate of drug-likeness (QED) is 0.798. The van der Waals surface area contributed by atoms with Crippen LogP contribution < -0.4 is 5.32 Å². The molecule has 2 N–H and O–H groups in total. The molecule has 18 heavy (non-hydrogen) atoms. The Bertz CT molecular complexity index is 415. The highest BCUT2D eigenvalue weighted by Crippen LogP contribution is 2.14. The second kappa shape index (κ2) is 6.85. The highest BCUT2D eigenvalue weighted by molar-refractivity contribution is 7.98. The third-order valence-corrected chi connectivity index (χ3v) is 4.03. The molecule has 102 valence electrons. The molecule has 0 amide bonds. The van der Waals surface area contributed by atoms with Crippen molar-refractivity contribution in [1.29, 1.82) is 0 Å². The first-order chi connectivity index (χ1) is 8.51. The number of aromatic nitrogens is 1. The van der Waals surface area contributed by atoms with Crippen LogP contribution in [0.25, 0.3) is 0 Å². The third kappa shape index (κ3) is 3.53. The number of carboxylic acid groups (broad SMARTS) is 1. The van der Waals surface area contributed by atoms with E-state index in [0.29, 0.717) is 18.2 Å². The summed E-state index contributed by atoms with van der Waals surface area (Å²) in [4.78, 5) is 11.0. The first kappa shape index (κ1) is 15.1. The molecule has 1 aromatic rings. The Morgan fingerprint density at radius 1 is 1.61 bits per heavy atom. The monoisotopic (exact) mass is 270 g/mol. The number of hydrogen-bond donors (Lipinski definition) is 2. The normalized spacial score (nSPS) is 12.7. The molecule has 4 nitrogen and oxygen atoms in total. The van der Waals surface area contributed by atoms with E-state index in [4.69, 9.17) is 5.11 Å². The van der Waals surface area contributed by atoms with E-state index < -0.39 is 5.97 Å². The summed E-state index contributed by atoms with van der Waals surface area (Å²) in [5.41, 5.74) is 2.22. The first-order valence-electron chi connectivity index (χ1n) is 6.12. The van der Waals surface area contributed by atoms with E-state index in [0.717, 1.165) is 23.6 Å². The van der Waals surface area contributed by atoms with Crippen LogP contribution in [0.3, 0.4) is 0 Å². The van der Waals surface area contributed by atoms with Crippen molar-refractivity contribution in [3.05, 3.63) is 23.0 Å². The Kier molecular flexibility index (Phi) is 5.75. The number of carboxylic acids is 1. The van der Waals surface area contributed by atoms with Gasteiger partial charge in [-0.3, -0.25) is 0 Å². The minimum atomic E-state index is -0.856. The zero-order valence-corrected chi connectivity index (χ0v) is 12.3. The number of rotatable bonds is 7. The third-order valence-electron chi connectivity index (χ3n) is 3.30. The molecule has 0 aliphatic heterocycles. The van der Waals surface area contributed by atoms with Gasteiger partial charge < -0.3 is 15.0 Å². The summed E-state index contributed by atoms with van der Waals surface area (Å²) in [6.07, 6.45) is 3.18. The molecular weight excluding hydrogens is 248 g/mol. The average Bonchev–Trinajstić information content (AvgIpc) is 2.62. The number of thioether (sulfide) groups is 1. The number of aromatic carboxylic acids is 1. The van der Waals surface area contributed by atoms with E-state index in [1.54, 1.807) is 6.07 Å². The Hall–Kier alpha value is -0.940. The Balaban J connectivity index is 2.73. The van der Waals surface area contributed by atoms with Gasteiger partial charge in [0.05, 0.1) is 5.56 Å². The van der Waals surface area contributed by atoms with Crippen molar-refractivity contribution in [2.45, 2.75) is 32.9 Å². The van der Waals surface area contributed by atoms with Gasteiger partial charge in [0.15, 0.2) is 0 Å². The van der Waals surface area contributed by atoms with Crippen molar-refractivity contribution in [2.75, 3.05) is 12.0 Å². The molecule has 0 saturated heterocycles. The lowest BCUT2D eigenvalue weighted by Gasteiger charge is -2.16. The van der Waals surface area contributed by atoms with Crippen molar-refractivity contribution < 1.29 is 9.90 Å². The van der Waals surface area contributed by atoms with Gasteiger partial charge in [-0.2, -0.15) is 11.8 Å². The Morgan fingerprint density at radius 2 is 2.28 bits per heavy atom. The van der Waals surface area contributed by atoms with Crippen molar-refractivity contribution in [2.24, 2.45) is 7.05 Å². The molecule has 1 unspecified atom stereocenters. The van der Waals surface area contributed by atoms with Crippen LogP contribution in [0.2, 0.25) is 0 Å². The molecular formula is C13H22N2O2S. The highest BCUT2D eigenvalue weighted by atomic mass is 32.2. The smallest absolute Gasteiger partial charge is 0.337 e. The van der Waals surface area contributed by atoms with Crippen molar-refractivity contribution >= 4 is 17.7 Å². The summed E-state index contributed by atoms with van der Waals surface area (Å²) in [7, 11) is 1.91. The van der Waals surface area contributed by atoms with E-state index in [1.807, 2.05) is 30.3 Å². The van der Waals surface area contributed by atoms with Gasteiger partial charge in [0.25, 0.3) is 0 Å². The van der Waals surface area contributed by atoms with Gasteiger partial charge in [0.2, 0.25) is 0 Å². The highest BCUT2D eigenvalue weighted by Gasteiger charge is 2.15. The second-order valence-electron chi connectivity index (χ2n) is 4.44. The molecule has 1 rings (SSSR count). The van der Waals surface area contributed by atoms with Crippen LogP contribution in [0.5, 0.6) is 0 Å². The van der Waals surface area contributed by atoms with Gasteiger partial charge in [-0.1, -0.05) is 6.92 Å². The molecule has 0 saturated carbocycles. The van der Waals surface area contributed by atoms with E-state index in [-0.39, 0.29) is 0 Å². The van der Waals surface area contributed by atoms with Gasteiger partial charge in [0.1, 0.15) is 0 Å². The summed E-state index contributed by atoms with van der Waals surface area (Å²) < 4.78 is 1.95. The zero-order valence-electron chi connectivity index (χ0n) is 11.5. The summed E-state index contributed by atoms with van der Waals surface area (Å²) in [5.74, 6) is 0.219. The maximum atomic E-state index is 11.0. The van der Waals surface area contributed by atoms with E-state index >= 15 is 0 Å². The van der Waals surface area contributed by atoms with Crippen molar-refractivity contribution in [3.8, 4) is 0 Å². The standard InChI is InChI=1S/C13H22N2O2S/c1-5-10(8-18-4)14-7-11-6-12(13(16)17)9(2)15(11)3/h6,10,14H,5,7-8H2,1-4H3,(H,16,17). The largest absolute Gasteiger partial charge is 0.478 e. The summed E-state index contributed by atoms with van der Waals surface area (Å²) in [6.45, 7) is 4.71. The van der Waals surface area contributed by atoms with Crippen LogP contribution in [-0.4, -0.2) is 33.7 Å². The lowest BCUT2D eigenvalue weighted by molar-refractivity contribution is 0.0696. The molecule has 0 aromatic carbocycles. The molecule has 0 fully saturated rings. The fraction of sp³-hybridized carbons (Fsp3) is 0.615. The first-order valence-corrected chi connectivity index (χ1v) is 7.51. The van der Waals surface area contributed by atoms with Gasteiger partial charge >= 0.3 is 5.97 Å². The topological polar surface area (TPSA) is 54.3 Å². The van der Waals surface area contributed by atoms with Gasteiger partial charge in [-0.05, 0) is 25.7 Å². The minimum Gasteiger partial charge on any atom is -0.478 e. The molecule has 1 aromatic heterocycles. The maximum Gasteiger partial charge on any atom is 0.337 e. The molecule has 1 heterocycles. The van der Waals surface area contributed by atoms with Crippen LogP contribution in [-0.2, 0) is 13.6 Å². The number of nitrogens with one attached hydrogen (secondary N) is 1. The molecule has 1 atom stereocenters. The van der Waals surface area contributed by atoms with Crippen LogP contribution in [0, 0.1) is 6.92 Å². The SMILES string of the molecule is CCC(CSC)NCc1cc(C(=O)O)c(C)n1C. The summed E-state index contributed by atoms with van der Waals surface area (Å²) in [6, 6.07) is 2.24. The summed E-state index contributed by atoms with van der Waals surface area (Å²) in [5, 5.41) is 12.5. The number of nitrogens with zero attached hydrogens (tertiary/aromatic N) is 1. The van der Waals surface area contributed by atoms with Gasteiger partial charge in [0, 0.05) is 36.8 Å². The minimum absolute atomic E-state index is 0.396. The Labute approximate surface area is 113 Å². The van der Waals surface area contributed by atoms with Crippen LogP contribution in [0.4, 0.5) is 0 Å². The zero-order chi connectivity index (χ0) is 13.7. The Morgan fingerprint density at radius 3 is 2.72 bits per heavy atom. The molecule has 0 aliphatic rings. The predicted molar refractivity (Wildman–Crippen MR) is 76.4 cm³/mol. The molecule has 0 bridgehead atoms. The number of hydrogen-bond acceptors (Lipinski definition) is 3. The fourth-order valence-electron chi connectivity index (χ4n) is 1.92. The van der Waals surface area contributed by atoms with Crippen LogP contribution >= 0.6 is 11.8 Å². The lowest BCUT2D eigenvalue weighted by Crippen LogP contribution is -2.30.